The van der Waals surface area contributed by atoms with Gasteiger partial charge in [0, 0.05) is 59.7 Å². The minimum absolute atomic E-state index is 0. The Labute approximate surface area is 226 Å². The Balaban J connectivity index is 0.00000185. The second kappa shape index (κ2) is 10.9. The monoisotopic (exact) mass is 525 g/mol. The van der Waals surface area contributed by atoms with E-state index in [-0.39, 0.29) is 14.7 Å². The van der Waals surface area contributed by atoms with Crippen LogP contribution in [0.4, 0.5) is 27.4 Å². The van der Waals surface area contributed by atoms with Crippen molar-refractivity contribution in [2.75, 3.05) is 74.8 Å². The molecule has 3 aromatic rings. The fraction of sp³-hybridized carbons (Fsp3) is 0.500. The zero-order chi connectivity index (χ0) is 26.1. The van der Waals surface area contributed by atoms with Crippen molar-refractivity contribution in [3.05, 3.63) is 54.1 Å². The van der Waals surface area contributed by atoms with Gasteiger partial charge in [0.2, 0.25) is 5.95 Å². The lowest BCUT2D eigenvalue weighted by atomic mass is 10.1. The lowest BCUT2D eigenvalue weighted by Crippen LogP contribution is -2.56. The molecule has 6 rings (SSSR count). The predicted molar refractivity (Wildman–Crippen MR) is 151 cm³/mol. The maximum absolute atomic E-state index is 14.6. The Kier molecular flexibility index (Phi) is 7.18. The second-order valence-electron chi connectivity index (χ2n) is 10.5. The molecule has 1 atom stereocenters. The molecule has 3 fully saturated rings. The van der Waals surface area contributed by atoms with Gasteiger partial charge in [-0.05, 0) is 61.7 Å². The maximum atomic E-state index is 14.6. The summed E-state index contributed by atoms with van der Waals surface area (Å²) in [5.74, 6) is 0.180. The van der Waals surface area contributed by atoms with E-state index in [9.17, 15) is 4.39 Å². The third-order valence-corrected chi connectivity index (χ3v) is 7.83. The lowest BCUT2D eigenvalue weighted by Gasteiger charge is -2.43. The molecular weight excluding hydrogens is 485 g/mol. The molecule has 3 saturated heterocycles. The highest BCUT2D eigenvalue weighted by Crippen LogP contribution is 2.29. The number of anilines is 4. The molecule has 1 N–H and O–H groups in total. The van der Waals surface area contributed by atoms with Gasteiger partial charge in [-0.25, -0.2) is 9.07 Å². The molecule has 38 heavy (non-hydrogen) atoms. The molecule has 2 aromatic carbocycles. The Morgan fingerprint density at radius 1 is 1.03 bits per heavy atom. The zero-order valence-corrected chi connectivity index (χ0v) is 22.1. The van der Waals surface area contributed by atoms with Gasteiger partial charge >= 0.3 is 0 Å². The van der Waals surface area contributed by atoms with Crippen LogP contribution in [0.5, 0.6) is 0 Å². The highest BCUT2D eigenvalue weighted by Gasteiger charge is 2.29. The molecule has 9 nitrogen and oxygen atoms in total. The van der Waals surface area contributed by atoms with Gasteiger partial charge in [-0.3, -0.25) is 4.90 Å². The van der Waals surface area contributed by atoms with Gasteiger partial charge in [0.1, 0.15) is 12.1 Å². The quantitative estimate of drug-likeness (QED) is 0.472. The van der Waals surface area contributed by atoms with Crippen LogP contribution >= 0.6 is 0 Å². The van der Waals surface area contributed by atoms with E-state index in [1.54, 1.807) is 24.2 Å². The van der Waals surface area contributed by atoms with Crippen LogP contribution in [-0.4, -0.2) is 91.4 Å². The summed E-state index contributed by atoms with van der Waals surface area (Å²) in [4.78, 5) is 11.6. The third-order valence-electron chi connectivity index (χ3n) is 7.83. The molecule has 0 saturated carbocycles. The highest BCUT2D eigenvalue weighted by molar-refractivity contribution is 5.64. The average molecular weight is 526 g/mol. The minimum Gasteiger partial charge on any atom is -0.383 e. The Morgan fingerprint density at radius 3 is 2.61 bits per heavy atom. The summed E-state index contributed by atoms with van der Waals surface area (Å²) >= 11 is 0. The molecule has 0 unspecified atom stereocenters. The third kappa shape index (κ3) is 5.34. The summed E-state index contributed by atoms with van der Waals surface area (Å²) in [7, 11) is 1.71. The van der Waals surface area contributed by atoms with Crippen molar-refractivity contribution in [3.8, 4) is 5.69 Å². The lowest BCUT2D eigenvalue weighted by molar-refractivity contribution is -0.0660. The fourth-order valence-electron chi connectivity index (χ4n) is 5.77. The topological polar surface area (TPSA) is 70.9 Å². The number of nitrogens with one attached hydrogen (secondary N) is 1. The summed E-state index contributed by atoms with van der Waals surface area (Å²) in [5.41, 5.74) is 4.79. The summed E-state index contributed by atoms with van der Waals surface area (Å²) in [6, 6.07) is 12.4. The van der Waals surface area contributed by atoms with E-state index < -0.39 is 0 Å². The number of aromatic nitrogens is 3. The van der Waals surface area contributed by atoms with Crippen LogP contribution in [0, 0.1) is 12.7 Å². The molecule has 4 heterocycles. The zero-order valence-electron chi connectivity index (χ0n) is 22.1. The first-order chi connectivity index (χ1) is 18.6. The number of hydrogen-bond acceptors (Lipinski definition) is 8. The van der Waals surface area contributed by atoms with E-state index in [0.717, 1.165) is 70.2 Å². The fourth-order valence-corrected chi connectivity index (χ4v) is 5.77. The largest absolute Gasteiger partial charge is 0.383 e. The molecule has 0 amide bonds. The smallest absolute Gasteiger partial charge is 0.246 e. The van der Waals surface area contributed by atoms with Gasteiger partial charge in [-0.15, -0.1) is 5.10 Å². The number of rotatable bonds is 8. The number of aryl methyl sites for hydroxylation is 1. The van der Waals surface area contributed by atoms with Crippen LogP contribution in [0.15, 0.2) is 42.7 Å². The number of nitrogens with zero attached hydrogens (tertiary/aromatic N) is 6. The standard InChI is InChI=1S/C28H36FN7O2.2H2/c1-20-10-22(14-24(11-20)33-6-8-34(9-7-33)27-17-38-18-27)31-28-30-19-36(32-28)26-13-21(29)12-25(15-26)35-5-3-4-23(35)16-37-2;;/h10-15,19,23,27H,3-9,16-18H2,1-2H3,(H,31,32);2*1H/t23-;;/m1../s1. The number of hydrogen-bond donors (Lipinski definition) is 1. The van der Waals surface area contributed by atoms with Crippen LogP contribution in [-0.2, 0) is 9.47 Å². The molecule has 0 spiro atoms. The number of ether oxygens (including phenoxy) is 2. The summed E-state index contributed by atoms with van der Waals surface area (Å²) in [6.07, 6.45) is 3.74. The van der Waals surface area contributed by atoms with E-state index >= 15 is 0 Å². The van der Waals surface area contributed by atoms with Crippen LogP contribution in [0.25, 0.3) is 5.69 Å². The first-order valence-corrected chi connectivity index (χ1v) is 13.5. The molecular formula is C28H40FN7O2. The van der Waals surface area contributed by atoms with Crippen molar-refractivity contribution in [3.63, 3.8) is 0 Å². The van der Waals surface area contributed by atoms with Gasteiger partial charge < -0.3 is 24.6 Å². The number of piperazine rings is 1. The maximum Gasteiger partial charge on any atom is 0.246 e. The molecule has 0 radical (unpaired) electrons. The van der Waals surface area contributed by atoms with Gasteiger partial charge in [0.05, 0.1) is 37.6 Å². The molecule has 3 aliphatic heterocycles. The average Bonchev–Trinajstić information content (AvgIpc) is 3.53. The molecule has 0 aliphatic carbocycles. The second-order valence-corrected chi connectivity index (χ2v) is 10.5. The molecule has 1 aromatic heterocycles. The SMILES string of the molecule is COC[C@H]1CCCN1c1cc(F)cc(-n2cnc(Nc3cc(C)cc(N4CCN(C5COC5)CC4)c3)n2)c1.[HH].[HH]. The van der Waals surface area contributed by atoms with Crippen molar-refractivity contribution >= 4 is 23.0 Å². The molecule has 0 bridgehead atoms. The van der Waals surface area contributed by atoms with Crippen LogP contribution in [0.1, 0.15) is 21.3 Å². The van der Waals surface area contributed by atoms with E-state index in [1.165, 1.54) is 17.3 Å². The predicted octanol–water partition coefficient (Wildman–Crippen LogP) is 4.09. The number of halogens is 1. The van der Waals surface area contributed by atoms with Crippen LogP contribution in [0.2, 0.25) is 0 Å². The van der Waals surface area contributed by atoms with E-state index in [0.29, 0.717) is 24.3 Å². The van der Waals surface area contributed by atoms with Gasteiger partial charge in [-0.2, -0.15) is 4.98 Å². The summed E-state index contributed by atoms with van der Waals surface area (Å²) in [5, 5.41) is 7.96. The van der Waals surface area contributed by atoms with Gasteiger partial charge in [0.25, 0.3) is 0 Å². The first kappa shape index (κ1) is 25.1. The Hall–Kier alpha value is -3.21. The van der Waals surface area contributed by atoms with Crippen LogP contribution in [0.3, 0.4) is 0 Å². The first-order valence-electron chi connectivity index (χ1n) is 13.5. The highest BCUT2D eigenvalue weighted by atomic mass is 19.1. The van der Waals surface area contributed by atoms with Crippen molar-refractivity contribution in [1.82, 2.24) is 19.7 Å². The molecule has 10 heteroatoms. The molecule has 206 valence electrons. The van der Waals surface area contributed by atoms with Crippen molar-refractivity contribution in [2.45, 2.75) is 31.8 Å². The summed E-state index contributed by atoms with van der Waals surface area (Å²) < 4.78 is 27.0. The van der Waals surface area contributed by atoms with Crippen LogP contribution < -0.4 is 15.1 Å². The van der Waals surface area contributed by atoms with Crippen molar-refractivity contribution in [2.24, 2.45) is 0 Å². The summed E-state index contributed by atoms with van der Waals surface area (Å²) in [6.45, 7) is 9.45. The van der Waals surface area contributed by atoms with Crippen molar-refractivity contribution in [1.29, 1.82) is 0 Å². The minimum atomic E-state index is -0.293. The van der Waals surface area contributed by atoms with E-state index in [1.807, 2.05) is 6.07 Å². The number of benzene rings is 2. The van der Waals surface area contributed by atoms with E-state index in [4.69, 9.17) is 9.47 Å². The van der Waals surface area contributed by atoms with Crippen molar-refractivity contribution < 1.29 is 16.7 Å². The Bertz CT molecular complexity index is 1270. The normalized spacial score (nSPS) is 20.7. The number of methoxy groups -OCH3 is 1. The Morgan fingerprint density at radius 2 is 1.84 bits per heavy atom. The molecule has 3 aliphatic rings. The van der Waals surface area contributed by atoms with Gasteiger partial charge in [0.15, 0.2) is 0 Å². The van der Waals surface area contributed by atoms with E-state index in [2.05, 4.69) is 55.2 Å². The van der Waals surface area contributed by atoms with Gasteiger partial charge in [-0.1, -0.05) is 0 Å².